The minimum absolute atomic E-state index is 0.332. The van der Waals surface area contributed by atoms with Crippen molar-refractivity contribution in [2.24, 2.45) is 5.92 Å². The van der Waals surface area contributed by atoms with Gasteiger partial charge in [0.2, 0.25) is 5.91 Å². The molecular formula is C16H32N4O. The first kappa shape index (κ1) is 16.7. The lowest BCUT2D eigenvalue weighted by atomic mass is 9.96. The molecule has 2 aliphatic heterocycles. The van der Waals surface area contributed by atoms with Crippen LogP contribution in [0.2, 0.25) is 0 Å². The Morgan fingerprint density at radius 2 is 1.71 bits per heavy atom. The number of nitrogens with one attached hydrogen (secondary N) is 1. The molecule has 0 aromatic heterocycles. The molecule has 0 bridgehead atoms. The van der Waals surface area contributed by atoms with Crippen LogP contribution in [0.4, 0.5) is 0 Å². The van der Waals surface area contributed by atoms with E-state index < -0.39 is 0 Å². The average Bonchev–Trinajstić information content (AvgIpc) is 2.54. The number of amides is 1. The number of carbonyl (C=O) groups is 1. The molecular weight excluding hydrogens is 264 g/mol. The molecule has 2 rings (SSSR count). The maximum atomic E-state index is 12.4. The Morgan fingerprint density at radius 1 is 1.10 bits per heavy atom. The van der Waals surface area contributed by atoms with E-state index in [9.17, 15) is 4.79 Å². The van der Waals surface area contributed by atoms with Crippen molar-refractivity contribution < 1.29 is 4.79 Å². The Balaban J connectivity index is 1.69. The molecule has 2 saturated heterocycles. The van der Waals surface area contributed by atoms with Crippen molar-refractivity contribution in [1.82, 2.24) is 20.0 Å². The van der Waals surface area contributed by atoms with Crippen LogP contribution in [0.15, 0.2) is 0 Å². The first-order chi connectivity index (χ1) is 10.2. The van der Waals surface area contributed by atoms with E-state index in [1.807, 2.05) is 0 Å². The summed E-state index contributed by atoms with van der Waals surface area (Å²) < 4.78 is 0. The second-order valence-electron chi connectivity index (χ2n) is 6.34. The molecule has 0 atom stereocenters. The molecule has 0 saturated carbocycles. The number of hydrogen-bond acceptors (Lipinski definition) is 4. The SMILES string of the molecule is CCN(CC)CC1CCN(C(=O)CN2CCNCC2)CC1. The van der Waals surface area contributed by atoms with Gasteiger partial charge in [-0.25, -0.2) is 0 Å². The lowest BCUT2D eigenvalue weighted by Crippen LogP contribution is -2.50. The third-order valence-corrected chi connectivity index (χ3v) is 4.95. The van der Waals surface area contributed by atoms with Crippen LogP contribution in [0.25, 0.3) is 0 Å². The van der Waals surface area contributed by atoms with Crippen molar-refractivity contribution in [2.75, 3.05) is 65.4 Å². The van der Waals surface area contributed by atoms with E-state index >= 15 is 0 Å². The smallest absolute Gasteiger partial charge is 0.236 e. The van der Waals surface area contributed by atoms with Gasteiger partial charge in [-0.2, -0.15) is 0 Å². The van der Waals surface area contributed by atoms with E-state index in [1.54, 1.807) is 0 Å². The minimum atomic E-state index is 0.332. The maximum absolute atomic E-state index is 12.4. The normalized spacial score (nSPS) is 22.0. The summed E-state index contributed by atoms with van der Waals surface area (Å²) in [5.41, 5.74) is 0. The fraction of sp³-hybridized carbons (Fsp3) is 0.938. The average molecular weight is 296 g/mol. The van der Waals surface area contributed by atoms with Gasteiger partial charge in [0.25, 0.3) is 0 Å². The summed E-state index contributed by atoms with van der Waals surface area (Å²) in [7, 11) is 0. The predicted octanol–water partition coefficient (Wildman–Crippen LogP) is 0.472. The number of nitrogens with zero attached hydrogens (tertiary/aromatic N) is 3. The van der Waals surface area contributed by atoms with Gasteiger partial charge in [-0.1, -0.05) is 13.8 Å². The minimum Gasteiger partial charge on any atom is -0.342 e. The zero-order valence-corrected chi connectivity index (χ0v) is 13.8. The number of likely N-dealkylation sites (tertiary alicyclic amines) is 1. The summed E-state index contributed by atoms with van der Waals surface area (Å²) in [6, 6.07) is 0. The number of hydrogen-bond donors (Lipinski definition) is 1. The van der Waals surface area contributed by atoms with Crippen LogP contribution in [0.5, 0.6) is 0 Å². The lowest BCUT2D eigenvalue weighted by molar-refractivity contribution is -0.134. The molecule has 5 nitrogen and oxygen atoms in total. The molecule has 122 valence electrons. The molecule has 0 aromatic rings. The summed E-state index contributed by atoms with van der Waals surface area (Å²) in [4.78, 5) is 19.2. The molecule has 1 amide bonds. The van der Waals surface area contributed by atoms with Gasteiger partial charge < -0.3 is 15.1 Å². The van der Waals surface area contributed by atoms with Crippen molar-refractivity contribution in [3.05, 3.63) is 0 Å². The monoisotopic (exact) mass is 296 g/mol. The van der Waals surface area contributed by atoms with Crippen LogP contribution in [0, 0.1) is 5.92 Å². The topological polar surface area (TPSA) is 38.8 Å². The van der Waals surface area contributed by atoms with Crippen molar-refractivity contribution >= 4 is 5.91 Å². The molecule has 0 spiro atoms. The predicted molar refractivity (Wildman–Crippen MR) is 86.4 cm³/mol. The second-order valence-corrected chi connectivity index (χ2v) is 6.34. The zero-order chi connectivity index (χ0) is 15.1. The van der Waals surface area contributed by atoms with Gasteiger partial charge in [-0.3, -0.25) is 9.69 Å². The van der Waals surface area contributed by atoms with Crippen LogP contribution in [0.3, 0.4) is 0 Å². The number of carbonyl (C=O) groups excluding carboxylic acids is 1. The third-order valence-electron chi connectivity index (χ3n) is 4.95. The molecule has 0 radical (unpaired) electrons. The van der Waals surface area contributed by atoms with Crippen LogP contribution in [-0.2, 0) is 4.79 Å². The van der Waals surface area contributed by atoms with Gasteiger partial charge in [0.15, 0.2) is 0 Å². The highest BCUT2D eigenvalue weighted by Gasteiger charge is 2.25. The summed E-state index contributed by atoms with van der Waals surface area (Å²) in [5.74, 6) is 1.10. The van der Waals surface area contributed by atoms with Gasteiger partial charge in [0, 0.05) is 45.8 Å². The summed E-state index contributed by atoms with van der Waals surface area (Å²) >= 11 is 0. The largest absolute Gasteiger partial charge is 0.342 e. The fourth-order valence-electron chi connectivity index (χ4n) is 3.37. The summed E-state index contributed by atoms with van der Waals surface area (Å²) in [6.07, 6.45) is 2.34. The Hall–Kier alpha value is -0.650. The Kier molecular flexibility index (Phi) is 6.93. The van der Waals surface area contributed by atoms with E-state index in [4.69, 9.17) is 0 Å². The van der Waals surface area contributed by atoms with E-state index in [0.717, 1.165) is 58.3 Å². The van der Waals surface area contributed by atoms with E-state index in [-0.39, 0.29) is 0 Å². The third kappa shape index (κ3) is 5.24. The van der Waals surface area contributed by atoms with Crippen molar-refractivity contribution in [1.29, 1.82) is 0 Å². The Bertz CT molecular complexity index is 305. The molecule has 21 heavy (non-hydrogen) atoms. The first-order valence-electron chi connectivity index (χ1n) is 8.66. The molecule has 2 fully saturated rings. The number of piperidine rings is 1. The van der Waals surface area contributed by atoms with E-state index in [2.05, 4.69) is 33.9 Å². The van der Waals surface area contributed by atoms with Crippen molar-refractivity contribution in [2.45, 2.75) is 26.7 Å². The zero-order valence-electron chi connectivity index (χ0n) is 13.8. The first-order valence-corrected chi connectivity index (χ1v) is 8.66. The molecule has 5 heteroatoms. The lowest BCUT2D eigenvalue weighted by Gasteiger charge is -2.36. The molecule has 0 aliphatic carbocycles. The van der Waals surface area contributed by atoms with Crippen molar-refractivity contribution in [3.8, 4) is 0 Å². The summed E-state index contributed by atoms with van der Waals surface area (Å²) in [5, 5.41) is 3.33. The Labute approximate surface area is 129 Å². The van der Waals surface area contributed by atoms with Gasteiger partial charge in [0.1, 0.15) is 0 Å². The maximum Gasteiger partial charge on any atom is 0.236 e. The standard InChI is InChI=1S/C16H32N4O/c1-3-18(4-2)13-15-5-9-20(10-6-15)16(21)14-19-11-7-17-8-12-19/h15,17H,3-14H2,1-2H3. The highest BCUT2D eigenvalue weighted by Crippen LogP contribution is 2.18. The molecule has 2 heterocycles. The van der Waals surface area contributed by atoms with Crippen LogP contribution < -0.4 is 5.32 Å². The van der Waals surface area contributed by atoms with Crippen LogP contribution in [0.1, 0.15) is 26.7 Å². The van der Waals surface area contributed by atoms with E-state index in [0.29, 0.717) is 12.5 Å². The quantitative estimate of drug-likeness (QED) is 0.773. The summed E-state index contributed by atoms with van der Waals surface area (Å²) in [6.45, 7) is 14.5. The molecule has 0 aromatic carbocycles. The highest BCUT2D eigenvalue weighted by atomic mass is 16.2. The van der Waals surface area contributed by atoms with Gasteiger partial charge in [-0.05, 0) is 31.8 Å². The van der Waals surface area contributed by atoms with Gasteiger partial charge >= 0.3 is 0 Å². The second kappa shape index (κ2) is 8.71. The number of rotatable bonds is 6. The van der Waals surface area contributed by atoms with Crippen LogP contribution in [-0.4, -0.2) is 86.1 Å². The number of piperazine rings is 1. The fourth-order valence-corrected chi connectivity index (χ4v) is 3.37. The highest BCUT2D eigenvalue weighted by molar-refractivity contribution is 5.78. The van der Waals surface area contributed by atoms with E-state index in [1.165, 1.54) is 19.4 Å². The molecule has 2 aliphatic rings. The van der Waals surface area contributed by atoms with Gasteiger partial charge in [-0.15, -0.1) is 0 Å². The van der Waals surface area contributed by atoms with Crippen molar-refractivity contribution in [3.63, 3.8) is 0 Å². The molecule has 0 unspecified atom stereocenters. The molecule has 1 N–H and O–H groups in total. The Morgan fingerprint density at radius 3 is 2.29 bits per heavy atom. The van der Waals surface area contributed by atoms with Gasteiger partial charge in [0.05, 0.1) is 6.54 Å². The van der Waals surface area contributed by atoms with Crippen LogP contribution >= 0.6 is 0 Å².